The van der Waals surface area contributed by atoms with Crippen LogP contribution in [0.2, 0.25) is 5.02 Å². The summed E-state index contributed by atoms with van der Waals surface area (Å²) in [5, 5.41) is 1.86. The third kappa shape index (κ3) is 1.72. The molecule has 1 aromatic heterocycles. The fraction of sp³-hybridized carbons (Fsp3) is 0.385. The molecule has 1 heterocycles. The molecule has 0 bridgehead atoms. The van der Waals surface area contributed by atoms with E-state index in [4.69, 9.17) is 17.3 Å². The van der Waals surface area contributed by atoms with Crippen molar-refractivity contribution in [2.45, 2.75) is 32.9 Å². The fourth-order valence-electron chi connectivity index (χ4n) is 2.06. The Bertz CT molecular complexity index is 520. The zero-order chi connectivity index (χ0) is 11.9. The molecule has 2 rings (SSSR count). The molecular weight excluding hydrogens is 220 g/mol. The first kappa shape index (κ1) is 11.5. The van der Waals surface area contributed by atoms with Crippen LogP contribution in [0.4, 0.5) is 0 Å². The highest BCUT2D eigenvalue weighted by Gasteiger charge is 2.21. The molecule has 0 radical (unpaired) electrons. The molecule has 0 aliphatic heterocycles. The summed E-state index contributed by atoms with van der Waals surface area (Å²) < 4.78 is 2.19. The lowest BCUT2D eigenvalue weighted by Crippen LogP contribution is -2.28. The smallest absolute Gasteiger partial charge is 0.0503 e. The van der Waals surface area contributed by atoms with Gasteiger partial charge in [-0.15, -0.1) is 0 Å². The van der Waals surface area contributed by atoms with Crippen LogP contribution in [0, 0.1) is 0 Å². The van der Waals surface area contributed by atoms with Crippen LogP contribution in [0.25, 0.3) is 10.9 Å². The van der Waals surface area contributed by atoms with E-state index in [0.29, 0.717) is 0 Å². The maximum absolute atomic E-state index is 6.27. The third-order valence-electron chi connectivity index (χ3n) is 2.89. The quantitative estimate of drug-likeness (QED) is 0.850. The number of aryl methyl sites for hydroxylation is 1. The Balaban J connectivity index is 2.85. The Morgan fingerprint density at radius 3 is 2.62 bits per heavy atom. The topological polar surface area (TPSA) is 30.9 Å². The first-order chi connectivity index (χ1) is 7.45. The first-order valence-corrected chi connectivity index (χ1v) is 5.89. The number of hydrogen-bond acceptors (Lipinski definition) is 1. The van der Waals surface area contributed by atoms with Crippen LogP contribution in [-0.2, 0) is 12.1 Å². The van der Waals surface area contributed by atoms with Crippen molar-refractivity contribution < 1.29 is 0 Å². The number of hydrogen-bond donors (Lipinski definition) is 1. The molecule has 0 saturated carbocycles. The van der Waals surface area contributed by atoms with Gasteiger partial charge in [-0.2, -0.15) is 0 Å². The van der Waals surface area contributed by atoms with E-state index in [2.05, 4.69) is 23.8 Å². The van der Waals surface area contributed by atoms with Gasteiger partial charge in [-0.3, -0.25) is 0 Å². The number of nitrogens with two attached hydrogens (primary N) is 1. The molecule has 0 aliphatic rings. The second-order valence-corrected chi connectivity index (χ2v) is 5.09. The number of rotatable bonds is 2. The van der Waals surface area contributed by atoms with Gasteiger partial charge >= 0.3 is 0 Å². The lowest BCUT2D eigenvalue weighted by atomic mass is 9.95. The molecule has 0 saturated heterocycles. The van der Waals surface area contributed by atoms with Crippen LogP contribution in [0.5, 0.6) is 0 Å². The van der Waals surface area contributed by atoms with Gasteiger partial charge in [0.2, 0.25) is 0 Å². The highest BCUT2D eigenvalue weighted by atomic mass is 35.5. The van der Waals surface area contributed by atoms with E-state index in [1.165, 1.54) is 0 Å². The molecule has 0 fully saturated rings. The number of nitrogens with zero attached hydrogens (tertiary/aromatic N) is 1. The molecule has 0 spiro atoms. The lowest BCUT2D eigenvalue weighted by molar-refractivity contribution is 0.556. The first-order valence-electron chi connectivity index (χ1n) is 5.52. The second kappa shape index (κ2) is 3.79. The van der Waals surface area contributed by atoms with E-state index in [1.54, 1.807) is 0 Å². The molecule has 2 aromatic rings. The van der Waals surface area contributed by atoms with Crippen molar-refractivity contribution in [3.63, 3.8) is 0 Å². The number of fused-ring (bicyclic) bond motifs is 1. The van der Waals surface area contributed by atoms with Crippen LogP contribution in [-0.4, -0.2) is 4.57 Å². The van der Waals surface area contributed by atoms with Crippen LogP contribution >= 0.6 is 11.6 Å². The lowest BCUT2D eigenvalue weighted by Gasteiger charge is -2.18. The van der Waals surface area contributed by atoms with Crippen molar-refractivity contribution in [3.05, 3.63) is 35.0 Å². The molecule has 3 heteroatoms. The maximum Gasteiger partial charge on any atom is 0.0503 e. The van der Waals surface area contributed by atoms with Gasteiger partial charge in [-0.1, -0.05) is 17.7 Å². The SMILES string of the molecule is CCn1cc(C(C)(C)N)c2c(Cl)cccc21. The largest absolute Gasteiger partial charge is 0.347 e. The van der Waals surface area contributed by atoms with Crippen molar-refractivity contribution in [2.24, 2.45) is 5.73 Å². The van der Waals surface area contributed by atoms with Gasteiger partial charge in [-0.25, -0.2) is 0 Å². The van der Waals surface area contributed by atoms with Crippen LogP contribution in [0.3, 0.4) is 0 Å². The van der Waals surface area contributed by atoms with Crippen LogP contribution < -0.4 is 5.73 Å². The zero-order valence-corrected chi connectivity index (χ0v) is 10.7. The Morgan fingerprint density at radius 2 is 2.06 bits per heavy atom. The summed E-state index contributed by atoms with van der Waals surface area (Å²) in [4.78, 5) is 0. The highest BCUT2D eigenvalue weighted by molar-refractivity contribution is 6.35. The van der Waals surface area contributed by atoms with Gasteiger partial charge in [0.15, 0.2) is 0 Å². The van der Waals surface area contributed by atoms with Gasteiger partial charge in [0.05, 0.1) is 5.02 Å². The summed E-state index contributed by atoms with van der Waals surface area (Å²) in [5.41, 5.74) is 8.08. The van der Waals surface area contributed by atoms with E-state index >= 15 is 0 Å². The molecule has 2 N–H and O–H groups in total. The summed E-state index contributed by atoms with van der Waals surface area (Å²) in [6, 6.07) is 5.98. The molecule has 16 heavy (non-hydrogen) atoms. The van der Waals surface area contributed by atoms with E-state index < -0.39 is 0 Å². The third-order valence-corrected chi connectivity index (χ3v) is 3.21. The Hall–Kier alpha value is -0.990. The van der Waals surface area contributed by atoms with Crippen molar-refractivity contribution in [2.75, 3.05) is 0 Å². The highest BCUT2D eigenvalue weighted by Crippen LogP contribution is 2.33. The zero-order valence-electron chi connectivity index (χ0n) is 9.92. The van der Waals surface area contributed by atoms with Gasteiger partial charge in [-0.05, 0) is 38.5 Å². The van der Waals surface area contributed by atoms with E-state index in [1.807, 2.05) is 26.0 Å². The minimum Gasteiger partial charge on any atom is -0.347 e. The van der Waals surface area contributed by atoms with Crippen LogP contribution in [0.15, 0.2) is 24.4 Å². The van der Waals surface area contributed by atoms with Gasteiger partial charge in [0, 0.05) is 29.2 Å². The molecular formula is C13H17ClN2. The minimum atomic E-state index is -0.371. The minimum absolute atomic E-state index is 0.371. The molecule has 0 amide bonds. The molecule has 2 nitrogen and oxygen atoms in total. The van der Waals surface area contributed by atoms with E-state index in [-0.39, 0.29) is 5.54 Å². The summed E-state index contributed by atoms with van der Waals surface area (Å²) in [6.07, 6.45) is 2.11. The molecule has 1 aromatic carbocycles. The van der Waals surface area contributed by atoms with E-state index in [0.717, 1.165) is 28.0 Å². The monoisotopic (exact) mass is 236 g/mol. The summed E-state index contributed by atoms with van der Waals surface area (Å²) in [7, 11) is 0. The average Bonchev–Trinajstić information content (AvgIpc) is 2.57. The number of aromatic nitrogens is 1. The predicted molar refractivity (Wildman–Crippen MR) is 69.8 cm³/mol. The Morgan fingerprint density at radius 1 is 1.38 bits per heavy atom. The Labute approximate surface area is 101 Å². The number of halogens is 1. The van der Waals surface area contributed by atoms with Crippen molar-refractivity contribution in [1.29, 1.82) is 0 Å². The number of benzene rings is 1. The summed E-state index contributed by atoms with van der Waals surface area (Å²) in [6.45, 7) is 7.05. The summed E-state index contributed by atoms with van der Waals surface area (Å²) >= 11 is 6.27. The van der Waals surface area contributed by atoms with Crippen molar-refractivity contribution >= 4 is 22.5 Å². The molecule has 0 unspecified atom stereocenters. The Kier molecular flexibility index (Phi) is 2.72. The van der Waals surface area contributed by atoms with Crippen molar-refractivity contribution in [1.82, 2.24) is 4.57 Å². The van der Waals surface area contributed by atoms with Gasteiger partial charge in [0.1, 0.15) is 0 Å². The van der Waals surface area contributed by atoms with Gasteiger partial charge < -0.3 is 10.3 Å². The second-order valence-electron chi connectivity index (χ2n) is 4.68. The standard InChI is InChI=1S/C13H17ClN2/c1-4-16-8-9(13(2,3)15)12-10(14)6-5-7-11(12)16/h5-8H,4,15H2,1-3H3. The average molecular weight is 237 g/mol. The van der Waals surface area contributed by atoms with E-state index in [9.17, 15) is 0 Å². The fourth-order valence-corrected chi connectivity index (χ4v) is 2.33. The van der Waals surface area contributed by atoms with Crippen LogP contribution in [0.1, 0.15) is 26.3 Å². The molecule has 0 aliphatic carbocycles. The normalized spacial score (nSPS) is 12.3. The van der Waals surface area contributed by atoms with Crippen molar-refractivity contribution in [3.8, 4) is 0 Å². The molecule has 86 valence electrons. The summed E-state index contributed by atoms with van der Waals surface area (Å²) in [5.74, 6) is 0. The molecule has 0 atom stereocenters. The van der Waals surface area contributed by atoms with Gasteiger partial charge in [0.25, 0.3) is 0 Å². The maximum atomic E-state index is 6.27. The predicted octanol–water partition coefficient (Wildman–Crippen LogP) is 3.51.